The predicted molar refractivity (Wildman–Crippen MR) is 69.4 cm³/mol. The minimum atomic E-state index is -2.93. The first-order valence-electron chi connectivity index (χ1n) is 5.69. The van der Waals surface area contributed by atoms with Crippen LogP contribution in [0, 0.1) is 0 Å². The summed E-state index contributed by atoms with van der Waals surface area (Å²) in [6, 6.07) is 3.57. The number of alkyl halides is 1. The largest absolute Gasteiger partial charge is 0.308 e. The number of hydrogen-bond donors (Lipinski definition) is 0. The lowest BCUT2D eigenvalue weighted by Gasteiger charge is -2.13. The molecule has 1 aliphatic rings. The Hall–Kier alpha value is -1.14. The lowest BCUT2D eigenvalue weighted by molar-refractivity contribution is 0.550. The Balaban J connectivity index is 2.16. The average Bonchev–Trinajstić information content (AvgIpc) is 2.88. The normalized spacial score (nSPS) is 22.6. The van der Waals surface area contributed by atoms with E-state index in [1.807, 2.05) is 16.7 Å². The number of imidazole rings is 1. The minimum absolute atomic E-state index is 0.0938. The number of nitrogens with zero attached hydrogens (tertiary/aromatic N) is 3. The van der Waals surface area contributed by atoms with Crippen molar-refractivity contribution >= 4 is 32.6 Å². The van der Waals surface area contributed by atoms with Gasteiger partial charge < -0.3 is 4.57 Å². The molecule has 2 aromatic heterocycles. The van der Waals surface area contributed by atoms with Gasteiger partial charge >= 0.3 is 0 Å². The van der Waals surface area contributed by atoms with Gasteiger partial charge in [0, 0.05) is 6.20 Å². The van der Waals surface area contributed by atoms with Gasteiger partial charge in [-0.15, -0.1) is 11.6 Å². The van der Waals surface area contributed by atoms with Crippen molar-refractivity contribution in [1.29, 1.82) is 0 Å². The monoisotopic (exact) mass is 285 g/mol. The topological polar surface area (TPSA) is 64.8 Å². The molecule has 1 atom stereocenters. The van der Waals surface area contributed by atoms with Gasteiger partial charge in [0.05, 0.1) is 23.4 Å². The van der Waals surface area contributed by atoms with Crippen molar-refractivity contribution in [1.82, 2.24) is 14.5 Å². The molecule has 1 fully saturated rings. The van der Waals surface area contributed by atoms with Gasteiger partial charge in [0.2, 0.25) is 0 Å². The van der Waals surface area contributed by atoms with E-state index in [1.165, 1.54) is 0 Å². The maximum atomic E-state index is 11.6. The van der Waals surface area contributed by atoms with E-state index in [1.54, 1.807) is 6.20 Å². The molecule has 96 valence electrons. The Morgan fingerprint density at radius 2 is 2.33 bits per heavy atom. The van der Waals surface area contributed by atoms with Gasteiger partial charge in [-0.2, -0.15) is 0 Å². The van der Waals surface area contributed by atoms with E-state index < -0.39 is 9.84 Å². The molecule has 0 radical (unpaired) electrons. The first-order chi connectivity index (χ1) is 8.61. The molecular weight excluding hydrogens is 274 g/mol. The molecule has 1 saturated heterocycles. The molecule has 1 unspecified atom stereocenters. The van der Waals surface area contributed by atoms with Crippen LogP contribution in [0.2, 0.25) is 0 Å². The molecule has 0 amide bonds. The zero-order chi connectivity index (χ0) is 12.8. The van der Waals surface area contributed by atoms with Crippen molar-refractivity contribution in [3.05, 3.63) is 24.2 Å². The highest BCUT2D eigenvalue weighted by Crippen LogP contribution is 2.29. The van der Waals surface area contributed by atoms with Crippen molar-refractivity contribution in [2.45, 2.75) is 18.3 Å². The fourth-order valence-corrected chi connectivity index (χ4v) is 4.32. The molecule has 0 saturated carbocycles. The number of rotatable bonds is 2. The van der Waals surface area contributed by atoms with Crippen molar-refractivity contribution in [2.24, 2.45) is 0 Å². The summed E-state index contributed by atoms with van der Waals surface area (Å²) in [4.78, 5) is 8.69. The van der Waals surface area contributed by atoms with Crippen LogP contribution in [0.5, 0.6) is 0 Å². The number of sulfone groups is 1. The summed E-state index contributed by atoms with van der Waals surface area (Å²) in [5.41, 5.74) is 1.48. The molecule has 0 aromatic carbocycles. The minimum Gasteiger partial charge on any atom is -0.308 e. The number of aromatic nitrogens is 3. The Morgan fingerprint density at radius 3 is 3.00 bits per heavy atom. The molecule has 0 N–H and O–H groups in total. The molecule has 2 aromatic rings. The highest BCUT2D eigenvalue weighted by molar-refractivity contribution is 7.91. The second-order valence-electron chi connectivity index (χ2n) is 4.43. The van der Waals surface area contributed by atoms with Crippen molar-refractivity contribution in [3.63, 3.8) is 0 Å². The summed E-state index contributed by atoms with van der Waals surface area (Å²) in [5, 5.41) is 0. The fourth-order valence-electron chi connectivity index (χ4n) is 2.43. The van der Waals surface area contributed by atoms with Gasteiger partial charge in [-0.25, -0.2) is 18.4 Å². The van der Waals surface area contributed by atoms with Gasteiger partial charge in [-0.3, -0.25) is 0 Å². The van der Waals surface area contributed by atoms with E-state index in [4.69, 9.17) is 11.6 Å². The first kappa shape index (κ1) is 11.9. The lowest BCUT2D eigenvalue weighted by Crippen LogP contribution is -2.13. The number of halogens is 1. The summed E-state index contributed by atoms with van der Waals surface area (Å²) in [7, 11) is -2.93. The second kappa shape index (κ2) is 4.20. The van der Waals surface area contributed by atoms with E-state index in [2.05, 4.69) is 9.97 Å². The summed E-state index contributed by atoms with van der Waals surface area (Å²) in [6.45, 7) is 0. The maximum absolute atomic E-state index is 11.6. The van der Waals surface area contributed by atoms with E-state index in [0.29, 0.717) is 12.2 Å². The molecule has 7 heteroatoms. The summed E-state index contributed by atoms with van der Waals surface area (Å²) < 4.78 is 25.1. The van der Waals surface area contributed by atoms with Crippen molar-refractivity contribution in [3.8, 4) is 0 Å². The molecule has 5 nitrogen and oxygen atoms in total. The third-order valence-corrected chi connectivity index (χ3v) is 5.20. The smallest absolute Gasteiger partial charge is 0.160 e. The van der Waals surface area contributed by atoms with Crippen LogP contribution < -0.4 is 0 Å². The number of fused-ring (bicyclic) bond motifs is 1. The van der Waals surface area contributed by atoms with Gasteiger partial charge in [-0.05, 0) is 18.6 Å². The van der Waals surface area contributed by atoms with E-state index >= 15 is 0 Å². The Bertz CT molecular complexity index is 695. The SMILES string of the molecule is O=S1(=O)CCC(n2c(CCl)nc3cccnc32)C1. The predicted octanol–water partition coefficient (Wildman–Crippen LogP) is 1.53. The van der Waals surface area contributed by atoms with Gasteiger partial charge in [0.25, 0.3) is 0 Å². The Labute approximate surface area is 110 Å². The van der Waals surface area contributed by atoms with Crippen LogP contribution >= 0.6 is 11.6 Å². The van der Waals surface area contributed by atoms with Crippen molar-refractivity contribution < 1.29 is 8.42 Å². The molecule has 0 bridgehead atoms. The lowest BCUT2D eigenvalue weighted by atomic mass is 10.2. The summed E-state index contributed by atoms with van der Waals surface area (Å²) in [6.07, 6.45) is 2.29. The Kier molecular flexibility index (Phi) is 2.79. The molecule has 1 aliphatic heterocycles. The van der Waals surface area contributed by atoms with Gasteiger partial charge in [0.1, 0.15) is 11.3 Å². The van der Waals surface area contributed by atoms with Gasteiger partial charge in [-0.1, -0.05) is 0 Å². The highest BCUT2D eigenvalue weighted by Gasteiger charge is 2.31. The quantitative estimate of drug-likeness (QED) is 0.785. The summed E-state index contributed by atoms with van der Waals surface area (Å²) in [5.74, 6) is 1.32. The fraction of sp³-hybridized carbons (Fsp3) is 0.455. The van der Waals surface area contributed by atoms with Crippen LogP contribution in [-0.2, 0) is 15.7 Å². The van der Waals surface area contributed by atoms with E-state index in [9.17, 15) is 8.42 Å². The van der Waals surface area contributed by atoms with E-state index in [0.717, 1.165) is 11.2 Å². The standard InChI is InChI=1S/C11H12ClN3O2S/c12-6-10-14-9-2-1-4-13-11(9)15(10)8-3-5-18(16,17)7-8/h1-2,4,8H,3,5-7H2. The van der Waals surface area contributed by atoms with Gasteiger partial charge in [0.15, 0.2) is 15.5 Å². The highest BCUT2D eigenvalue weighted by atomic mass is 35.5. The molecule has 0 spiro atoms. The molecule has 3 heterocycles. The number of hydrogen-bond acceptors (Lipinski definition) is 4. The zero-order valence-corrected chi connectivity index (χ0v) is 11.2. The maximum Gasteiger partial charge on any atom is 0.160 e. The zero-order valence-electron chi connectivity index (χ0n) is 9.58. The third-order valence-electron chi connectivity index (χ3n) is 3.21. The van der Waals surface area contributed by atoms with Crippen LogP contribution in [0.3, 0.4) is 0 Å². The second-order valence-corrected chi connectivity index (χ2v) is 6.93. The molecule has 3 rings (SSSR count). The number of pyridine rings is 1. The van der Waals surface area contributed by atoms with Crippen LogP contribution in [-0.4, -0.2) is 34.5 Å². The molecule has 0 aliphatic carbocycles. The van der Waals surface area contributed by atoms with Crippen LogP contribution in [0.15, 0.2) is 18.3 Å². The average molecular weight is 286 g/mol. The Morgan fingerprint density at radius 1 is 1.50 bits per heavy atom. The van der Waals surface area contributed by atoms with Crippen LogP contribution in [0.4, 0.5) is 0 Å². The first-order valence-corrected chi connectivity index (χ1v) is 8.04. The third kappa shape index (κ3) is 1.89. The molecular formula is C11H12ClN3O2S. The van der Waals surface area contributed by atoms with Crippen LogP contribution in [0.25, 0.3) is 11.2 Å². The molecule has 18 heavy (non-hydrogen) atoms. The van der Waals surface area contributed by atoms with E-state index in [-0.39, 0.29) is 23.4 Å². The summed E-state index contributed by atoms with van der Waals surface area (Å²) >= 11 is 5.89. The van der Waals surface area contributed by atoms with Crippen LogP contribution in [0.1, 0.15) is 18.3 Å². The van der Waals surface area contributed by atoms with Crippen molar-refractivity contribution in [2.75, 3.05) is 11.5 Å².